The lowest BCUT2D eigenvalue weighted by atomic mass is 10.1. The highest BCUT2D eigenvalue weighted by Crippen LogP contribution is 2.27. The van der Waals surface area contributed by atoms with Crippen molar-refractivity contribution in [3.05, 3.63) is 58.6 Å². The highest BCUT2D eigenvalue weighted by molar-refractivity contribution is 7.15. The molecule has 0 aliphatic carbocycles. The Bertz CT molecular complexity index is 1510. The van der Waals surface area contributed by atoms with E-state index < -0.39 is 0 Å². The van der Waals surface area contributed by atoms with Gasteiger partial charge >= 0.3 is 0 Å². The fourth-order valence-corrected chi connectivity index (χ4v) is 4.38. The molecule has 0 unspecified atom stereocenters. The van der Waals surface area contributed by atoms with Gasteiger partial charge in [-0.25, -0.2) is 4.52 Å². The summed E-state index contributed by atoms with van der Waals surface area (Å²) >= 11 is 1.42. The SMILES string of the molecule is CC(=O)Nc1ccc(-c2csc3nc(NC(=O)Cc4noc5cc(C)c(C)cc45)nn23)cc1. The van der Waals surface area contributed by atoms with Gasteiger partial charge in [-0.1, -0.05) is 17.3 Å². The normalized spacial score (nSPS) is 11.2. The second-order valence-electron chi connectivity index (χ2n) is 7.80. The molecule has 2 N–H and O–H groups in total. The number of nitrogens with zero attached hydrogens (tertiary/aromatic N) is 4. The zero-order valence-electron chi connectivity index (χ0n) is 18.2. The first-order valence-corrected chi connectivity index (χ1v) is 11.1. The van der Waals surface area contributed by atoms with Crippen molar-refractivity contribution in [2.75, 3.05) is 10.6 Å². The lowest BCUT2D eigenvalue weighted by molar-refractivity contribution is -0.116. The maximum atomic E-state index is 12.6. The summed E-state index contributed by atoms with van der Waals surface area (Å²) in [6, 6.07) is 11.3. The summed E-state index contributed by atoms with van der Waals surface area (Å²) in [6.45, 7) is 5.48. The quantitative estimate of drug-likeness (QED) is 0.403. The van der Waals surface area contributed by atoms with E-state index in [2.05, 4.69) is 25.9 Å². The Labute approximate surface area is 192 Å². The van der Waals surface area contributed by atoms with E-state index in [0.29, 0.717) is 16.2 Å². The van der Waals surface area contributed by atoms with Gasteiger partial charge in [0.1, 0.15) is 5.69 Å². The zero-order valence-corrected chi connectivity index (χ0v) is 19.0. The number of carbonyl (C=O) groups is 2. The minimum Gasteiger partial charge on any atom is -0.356 e. The lowest BCUT2D eigenvalue weighted by Crippen LogP contribution is -2.16. The van der Waals surface area contributed by atoms with E-state index in [1.54, 1.807) is 4.52 Å². The number of carbonyl (C=O) groups excluding carboxylic acids is 2. The molecule has 3 aromatic heterocycles. The molecule has 0 bridgehead atoms. The van der Waals surface area contributed by atoms with Crippen LogP contribution in [0.2, 0.25) is 0 Å². The molecule has 5 rings (SSSR count). The molecule has 0 saturated heterocycles. The van der Waals surface area contributed by atoms with E-state index in [-0.39, 0.29) is 24.2 Å². The van der Waals surface area contributed by atoms with Gasteiger partial charge < -0.3 is 9.84 Å². The first-order chi connectivity index (χ1) is 15.9. The molecule has 2 amide bonds. The van der Waals surface area contributed by atoms with Crippen LogP contribution in [-0.2, 0) is 16.0 Å². The number of anilines is 2. The fraction of sp³-hybridized carbons (Fsp3) is 0.174. The Morgan fingerprint density at radius 1 is 1.09 bits per heavy atom. The van der Waals surface area contributed by atoms with Crippen molar-refractivity contribution < 1.29 is 14.1 Å². The Morgan fingerprint density at radius 2 is 1.85 bits per heavy atom. The van der Waals surface area contributed by atoms with Gasteiger partial charge in [-0.05, 0) is 49.2 Å². The van der Waals surface area contributed by atoms with Gasteiger partial charge in [0.25, 0.3) is 0 Å². The van der Waals surface area contributed by atoms with Crippen molar-refractivity contribution in [2.45, 2.75) is 27.2 Å². The molecule has 0 spiro atoms. The van der Waals surface area contributed by atoms with Crippen LogP contribution in [0.25, 0.3) is 27.2 Å². The summed E-state index contributed by atoms with van der Waals surface area (Å²) in [5.41, 5.74) is 5.93. The first kappa shape index (κ1) is 20.8. The molecule has 0 radical (unpaired) electrons. The van der Waals surface area contributed by atoms with E-state index in [1.807, 2.05) is 55.6 Å². The Morgan fingerprint density at radius 3 is 2.61 bits per heavy atom. The molecule has 10 heteroatoms. The molecule has 3 heterocycles. The van der Waals surface area contributed by atoms with Gasteiger partial charge in [0.2, 0.25) is 22.7 Å². The fourth-order valence-electron chi connectivity index (χ4n) is 3.55. The number of aryl methyl sites for hydroxylation is 2. The Hall–Kier alpha value is -4.05. The monoisotopic (exact) mass is 460 g/mol. The Balaban J connectivity index is 1.34. The van der Waals surface area contributed by atoms with Gasteiger partial charge in [0.05, 0.1) is 12.1 Å². The van der Waals surface area contributed by atoms with Gasteiger partial charge in [0, 0.05) is 28.9 Å². The lowest BCUT2D eigenvalue weighted by Gasteiger charge is -2.03. The van der Waals surface area contributed by atoms with Crippen LogP contribution in [0.3, 0.4) is 0 Å². The van der Waals surface area contributed by atoms with Crippen molar-refractivity contribution in [1.29, 1.82) is 0 Å². The number of amides is 2. The third kappa shape index (κ3) is 4.08. The molecule has 0 saturated carbocycles. The maximum Gasteiger partial charge on any atom is 0.250 e. The average molecular weight is 461 g/mol. The zero-order chi connectivity index (χ0) is 23.1. The number of benzene rings is 2. The molecule has 0 atom stereocenters. The molecule has 2 aromatic carbocycles. The number of nitrogens with one attached hydrogen (secondary N) is 2. The highest BCUT2D eigenvalue weighted by atomic mass is 32.1. The van der Waals surface area contributed by atoms with Crippen molar-refractivity contribution in [3.63, 3.8) is 0 Å². The van der Waals surface area contributed by atoms with E-state index in [9.17, 15) is 9.59 Å². The molecule has 0 aliphatic heterocycles. The number of fused-ring (bicyclic) bond motifs is 2. The van der Waals surface area contributed by atoms with Crippen LogP contribution in [0.15, 0.2) is 46.3 Å². The number of rotatable bonds is 5. The van der Waals surface area contributed by atoms with Crippen molar-refractivity contribution in [3.8, 4) is 11.3 Å². The average Bonchev–Trinajstić information content (AvgIpc) is 3.44. The largest absolute Gasteiger partial charge is 0.356 e. The standard InChI is InChI=1S/C23H20N6O3S/c1-12-8-17-18(28-32-20(17)9-13(12)2)10-21(31)25-22-26-23-29(27-22)19(11-33-23)15-4-6-16(7-5-15)24-14(3)30/h4-9,11H,10H2,1-3H3,(H,24,30)(H,25,27,31). The minimum atomic E-state index is -0.275. The minimum absolute atomic E-state index is 0.0554. The molecule has 9 nitrogen and oxygen atoms in total. The van der Waals surface area contributed by atoms with E-state index >= 15 is 0 Å². The van der Waals surface area contributed by atoms with E-state index in [1.165, 1.54) is 18.3 Å². The van der Waals surface area contributed by atoms with E-state index in [0.717, 1.165) is 33.5 Å². The summed E-state index contributed by atoms with van der Waals surface area (Å²) in [6.07, 6.45) is 0.0554. The smallest absolute Gasteiger partial charge is 0.250 e. The molecular weight excluding hydrogens is 440 g/mol. The van der Waals surface area contributed by atoms with Gasteiger partial charge in [-0.2, -0.15) is 4.98 Å². The van der Waals surface area contributed by atoms with Crippen LogP contribution >= 0.6 is 11.3 Å². The number of aromatic nitrogens is 4. The third-order valence-electron chi connectivity index (χ3n) is 5.32. The summed E-state index contributed by atoms with van der Waals surface area (Å²) in [5, 5.41) is 16.8. The maximum absolute atomic E-state index is 12.6. The second-order valence-corrected chi connectivity index (χ2v) is 8.63. The topological polar surface area (TPSA) is 114 Å². The molecule has 166 valence electrons. The van der Waals surface area contributed by atoms with Crippen LogP contribution in [0.4, 0.5) is 11.6 Å². The van der Waals surface area contributed by atoms with Crippen molar-refractivity contribution in [1.82, 2.24) is 19.8 Å². The number of hydrogen-bond donors (Lipinski definition) is 2. The predicted molar refractivity (Wildman–Crippen MR) is 126 cm³/mol. The third-order valence-corrected chi connectivity index (χ3v) is 6.14. The highest BCUT2D eigenvalue weighted by Gasteiger charge is 2.17. The first-order valence-electron chi connectivity index (χ1n) is 10.2. The van der Waals surface area contributed by atoms with Gasteiger partial charge in [0.15, 0.2) is 5.58 Å². The van der Waals surface area contributed by atoms with Crippen LogP contribution in [0, 0.1) is 13.8 Å². The number of hydrogen-bond acceptors (Lipinski definition) is 7. The second kappa shape index (κ2) is 8.14. The predicted octanol–water partition coefficient (Wildman–Crippen LogP) is 4.36. The molecular formula is C23H20N6O3S. The van der Waals surface area contributed by atoms with Crippen LogP contribution in [0.1, 0.15) is 23.7 Å². The van der Waals surface area contributed by atoms with E-state index in [4.69, 9.17) is 4.52 Å². The summed E-state index contributed by atoms with van der Waals surface area (Å²) < 4.78 is 7.06. The van der Waals surface area contributed by atoms with Crippen molar-refractivity contribution in [2.24, 2.45) is 0 Å². The molecule has 33 heavy (non-hydrogen) atoms. The summed E-state index contributed by atoms with van der Waals surface area (Å²) in [7, 11) is 0. The Kier molecular flexibility index (Phi) is 5.14. The van der Waals surface area contributed by atoms with Crippen LogP contribution < -0.4 is 10.6 Å². The van der Waals surface area contributed by atoms with Crippen molar-refractivity contribution >= 4 is 50.7 Å². The van der Waals surface area contributed by atoms with Crippen LogP contribution in [0.5, 0.6) is 0 Å². The summed E-state index contributed by atoms with van der Waals surface area (Å²) in [4.78, 5) is 28.9. The van der Waals surface area contributed by atoms with Gasteiger partial charge in [-0.15, -0.1) is 16.4 Å². The molecule has 0 fully saturated rings. The number of thiazole rings is 1. The summed E-state index contributed by atoms with van der Waals surface area (Å²) in [5.74, 6) is -0.174. The molecule has 5 aromatic rings. The van der Waals surface area contributed by atoms with Gasteiger partial charge in [-0.3, -0.25) is 14.9 Å². The van der Waals surface area contributed by atoms with Crippen LogP contribution in [-0.4, -0.2) is 31.6 Å². The molecule has 0 aliphatic rings.